The van der Waals surface area contributed by atoms with E-state index in [9.17, 15) is 30.3 Å². The Kier molecular flexibility index (Phi) is 48.0. The zero-order chi connectivity index (χ0) is 54.3. The molecule has 1 fully saturated rings. The molecule has 0 spiro atoms. The predicted octanol–water partition coefficient (Wildman–Crippen LogP) is 14.4. The molecule has 0 bridgehead atoms. The van der Waals surface area contributed by atoms with Gasteiger partial charge in [-0.3, -0.25) is 4.79 Å². The summed E-state index contributed by atoms with van der Waals surface area (Å²) >= 11 is 0. The summed E-state index contributed by atoms with van der Waals surface area (Å²) in [5.41, 5.74) is 0. The lowest BCUT2D eigenvalue weighted by molar-refractivity contribution is -0.302. The maximum absolute atomic E-state index is 13.0. The Bertz CT molecular complexity index is 1820. The summed E-state index contributed by atoms with van der Waals surface area (Å²) in [4.78, 5) is 13.0. The molecule has 1 heterocycles. The molecule has 0 aliphatic carbocycles. The molecule has 0 aromatic heterocycles. The summed E-state index contributed by atoms with van der Waals surface area (Å²) in [6.45, 7) is 3.51. The van der Waals surface area contributed by atoms with Crippen LogP contribution in [0.25, 0.3) is 0 Å². The minimum Gasteiger partial charge on any atom is -0.394 e. The second-order valence-corrected chi connectivity index (χ2v) is 18.6. The Hall–Kier alpha value is -4.71. The van der Waals surface area contributed by atoms with Crippen molar-refractivity contribution in [1.29, 1.82) is 0 Å². The van der Waals surface area contributed by atoms with E-state index in [0.29, 0.717) is 19.3 Å². The van der Waals surface area contributed by atoms with E-state index in [4.69, 9.17) is 9.47 Å². The molecule has 0 radical (unpaired) electrons. The van der Waals surface area contributed by atoms with Gasteiger partial charge in [-0.15, -0.1) is 0 Å². The molecule has 418 valence electrons. The van der Waals surface area contributed by atoms with Crippen LogP contribution in [0.2, 0.25) is 0 Å². The Balaban J connectivity index is 2.20. The molecule has 9 heteroatoms. The molecule has 1 aliphatic rings. The Morgan fingerprint density at radius 2 is 0.840 bits per heavy atom. The summed E-state index contributed by atoms with van der Waals surface area (Å²) in [7, 11) is 0. The number of nitrogens with one attached hydrogen (secondary N) is 1. The number of allylic oxidation sites excluding steroid dienone is 29. The van der Waals surface area contributed by atoms with Crippen molar-refractivity contribution in [3.05, 3.63) is 182 Å². The van der Waals surface area contributed by atoms with Crippen LogP contribution in [0.15, 0.2) is 182 Å². The third kappa shape index (κ3) is 42.1. The van der Waals surface area contributed by atoms with Crippen molar-refractivity contribution < 1.29 is 39.8 Å². The van der Waals surface area contributed by atoms with Crippen molar-refractivity contribution in [2.24, 2.45) is 0 Å². The van der Waals surface area contributed by atoms with Crippen molar-refractivity contribution in [1.82, 2.24) is 5.32 Å². The van der Waals surface area contributed by atoms with Gasteiger partial charge in [0.1, 0.15) is 24.4 Å². The van der Waals surface area contributed by atoms with E-state index in [1.807, 2.05) is 6.08 Å². The minimum atomic E-state index is -1.59. The highest BCUT2D eigenvalue weighted by Gasteiger charge is 2.44. The maximum Gasteiger partial charge on any atom is 0.220 e. The maximum atomic E-state index is 13.0. The minimum absolute atomic E-state index is 0.227. The fourth-order valence-corrected chi connectivity index (χ4v) is 7.47. The molecule has 0 aromatic rings. The number of ether oxygens (including phenoxy) is 2. The van der Waals surface area contributed by atoms with Gasteiger partial charge in [0.05, 0.1) is 25.4 Å². The van der Waals surface area contributed by atoms with Gasteiger partial charge in [-0.25, -0.2) is 0 Å². The Morgan fingerprint density at radius 3 is 1.25 bits per heavy atom. The van der Waals surface area contributed by atoms with Gasteiger partial charge < -0.3 is 40.3 Å². The number of carbonyl (C=O) groups excluding carboxylic acids is 1. The number of hydrogen-bond acceptors (Lipinski definition) is 8. The van der Waals surface area contributed by atoms with Gasteiger partial charge in [-0.1, -0.05) is 215 Å². The normalized spacial score (nSPS) is 20.3. The quantitative estimate of drug-likeness (QED) is 0.0261. The van der Waals surface area contributed by atoms with Gasteiger partial charge in [0.15, 0.2) is 6.29 Å². The van der Waals surface area contributed by atoms with E-state index in [0.717, 1.165) is 135 Å². The van der Waals surface area contributed by atoms with Crippen LogP contribution in [-0.2, 0) is 14.3 Å². The molecule has 1 rings (SSSR count). The van der Waals surface area contributed by atoms with Crippen molar-refractivity contribution in [2.45, 2.75) is 211 Å². The first-order chi connectivity index (χ1) is 36.8. The van der Waals surface area contributed by atoms with Crippen molar-refractivity contribution in [2.75, 3.05) is 13.2 Å². The summed E-state index contributed by atoms with van der Waals surface area (Å²) in [6, 6.07) is -0.854. The lowest BCUT2D eigenvalue weighted by atomic mass is 9.99. The molecular formula is C66H101NO8. The van der Waals surface area contributed by atoms with Crippen molar-refractivity contribution in [3.8, 4) is 0 Å². The van der Waals surface area contributed by atoms with Gasteiger partial charge >= 0.3 is 0 Å². The first-order valence-electron chi connectivity index (χ1n) is 28.5. The summed E-state index contributed by atoms with van der Waals surface area (Å²) < 4.78 is 11.2. The second kappa shape index (κ2) is 52.7. The summed E-state index contributed by atoms with van der Waals surface area (Å²) in [6.07, 6.45) is 79.7. The first kappa shape index (κ1) is 68.3. The van der Waals surface area contributed by atoms with E-state index in [-0.39, 0.29) is 12.5 Å². The fraction of sp³-hybridized carbons (Fsp3) is 0.530. The Morgan fingerprint density at radius 1 is 0.467 bits per heavy atom. The monoisotopic (exact) mass is 1040 g/mol. The van der Waals surface area contributed by atoms with Crippen LogP contribution in [0.3, 0.4) is 0 Å². The topological polar surface area (TPSA) is 149 Å². The van der Waals surface area contributed by atoms with Crippen LogP contribution in [0.4, 0.5) is 0 Å². The summed E-state index contributed by atoms with van der Waals surface area (Å²) in [5.74, 6) is -0.227. The Labute approximate surface area is 455 Å². The molecule has 1 saturated heterocycles. The van der Waals surface area contributed by atoms with E-state index < -0.39 is 49.5 Å². The van der Waals surface area contributed by atoms with Crippen molar-refractivity contribution >= 4 is 5.91 Å². The number of hydrogen-bond donors (Lipinski definition) is 6. The van der Waals surface area contributed by atoms with Crippen molar-refractivity contribution in [3.63, 3.8) is 0 Å². The van der Waals surface area contributed by atoms with Crippen LogP contribution < -0.4 is 5.32 Å². The van der Waals surface area contributed by atoms with Crippen LogP contribution >= 0.6 is 0 Å². The van der Waals surface area contributed by atoms with Gasteiger partial charge in [-0.05, 0) is 128 Å². The van der Waals surface area contributed by atoms with Crippen LogP contribution in [0, 0.1) is 0 Å². The number of amides is 1. The lowest BCUT2D eigenvalue weighted by Crippen LogP contribution is -2.60. The number of unbranched alkanes of at least 4 members (excludes halogenated alkanes) is 7. The van der Waals surface area contributed by atoms with Crippen LogP contribution in [0.5, 0.6) is 0 Å². The highest BCUT2D eigenvalue weighted by Crippen LogP contribution is 2.22. The van der Waals surface area contributed by atoms with E-state index in [1.165, 1.54) is 0 Å². The average molecular weight is 1040 g/mol. The largest absolute Gasteiger partial charge is 0.394 e. The molecule has 9 nitrogen and oxygen atoms in total. The molecule has 0 aromatic carbocycles. The predicted molar refractivity (Wildman–Crippen MR) is 317 cm³/mol. The third-order valence-corrected chi connectivity index (χ3v) is 11.9. The molecule has 7 atom stereocenters. The number of aliphatic hydroxyl groups is 5. The van der Waals surface area contributed by atoms with Gasteiger partial charge in [0.2, 0.25) is 5.91 Å². The molecule has 6 N–H and O–H groups in total. The molecule has 0 saturated carbocycles. The first-order valence-corrected chi connectivity index (χ1v) is 28.5. The molecule has 1 aliphatic heterocycles. The zero-order valence-corrected chi connectivity index (χ0v) is 46.2. The number of aliphatic hydroxyl groups excluding tert-OH is 5. The standard InChI is InChI=1S/C66H101NO8/c1-3-5-7-9-11-13-15-16-17-18-19-20-21-22-23-24-25-26-27-28-29-30-31-32-33-34-35-36-37-38-39-40-41-42-43-44-46-48-50-52-54-56-62(70)67-59(58-74-66-65(73)64(72)63(71)61(57-68)75-66)60(69)55-53-51-49-47-45-14-12-10-8-6-4-2/h5,7-8,10-11,13,16-17,19-20,22-23,25-26,28-29,31-32,34-35,37-38,40-41,43-45,47,53,55,59-61,63-66,68-69,71-73H,3-4,6,9,12,14-15,18,21,24,27,30,33,36,39,42,46,48-52,54,56-58H2,1-2H3,(H,67,70)/b7-5-,10-8+,13-11-,17-16-,20-19-,23-22-,26-25-,29-28-,32-31-,35-34-,38-37-,41-40-,44-43-,47-45+,55-53+. The highest BCUT2D eigenvalue weighted by molar-refractivity contribution is 5.76. The van der Waals surface area contributed by atoms with Crippen LogP contribution in [-0.4, -0.2) is 87.5 Å². The van der Waals surface area contributed by atoms with E-state index in [1.54, 1.807) is 6.08 Å². The zero-order valence-electron chi connectivity index (χ0n) is 46.2. The second-order valence-electron chi connectivity index (χ2n) is 18.6. The fourth-order valence-electron chi connectivity index (χ4n) is 7.47. The van der Waals surface area contributed by atoms with Crippen LogP contribution in [0.1, 0.15) is 168 Å². The van der Waals surface area contributed by atoms with E-state index in [2.05, 4.69) is 189 Å². The smallest absolute Gasteiger partial charge is 0.220 e. The number of rotatable bonds is 45. The lowest BCUT2D eigenvalue weighted by Gasteiger charge is -2.40. The SMILES string of the molecule is CC/C=C\C/C=C\C/C=C\C/C=C\C/C=C\C/C=C\C/C=C\C/C=C\C/C=C\C/C=C\C/C=C\C/C=C\CCCCCCC(=O)NC(COC1OC(CO)C(O)C(O)C1O)C(O)/C=C/CC/C=C/CC/C=C/CCC. The molecule has 1 amide bonds. The third-order valence-electron chi connectivity index (χ3n) is 11.9. The molecular weight excluding hydrogens is 935 g/mol. The van der Waals surface area contributed by atoms with E-state index >= 15 is 0 Å². The molecule has 75 heavy (non-hydrogen) atoms. The molecule has 7 unspecified atom stereocenters. The average Bonchev–Trinajstić information content (AvgIpc) is 3.41. The van der Waals surface area contributed by atoms with Gasteiger partial charge in [-0.2, -0.15) is 0 Å². The number of carbonyl (C=O) groups is 1. The van der Waals surface area contributed by atoms with Gasteiger partial charge in [0.25, 0.3) is 0 Å². The summed E-state index contributed by atoms with van der Waals surface area (Å²) in [5, 5.41) is 54.2. The van der Waals surface area contributed by atoms with Gasteiger partial charge in [0, 0.05) is 6.42 Å². The highest BCUT2D eigenvalue weighted by atomic mass is 16.7.